The van der Waals surface area contributed by atoms with E-state index in [1.807, 2.05) is 6.92 Å². The first-order valence-electron chi connectivity index (χ1n) is 5.85. The van der Waals surface area contributed by atoms with Crippen molar-refractivity contribution in [3.63, 3.8) is 0 Å². The van der Waals surface area contributed by atoms with E-state index < -0.39 is 5.82 Å². The van der Waals surface area contributed by atoms with Gasteiger partial charge in [0.1, 0.15) is 0 Å². The minimum Gasteiger partial charge on any atom is -0.505 e. The van der Waals surface area contributed by atoms with Crippen LogP contribution in [0, 0.1) is 18.7 Å². The van der Waals surface area contributed by atoms with Gasteiger partial charge in [-0.25, -0.2) is 4.39 Å². The zero-order chi connectivity index (χ0) is 11.7. The molecule has 96 valence electrons. The molecule has 1 aromatic carbocycles. The van der Waals surface area contributed by atoms with E-state index in [9.17, 15) is 9.50 Å². The lowest BCUT2D eigenvalue weighted by atomic mass is 9.89. The largest absolute Gasteiger partial charge is 0.505 e. The van der Waals surface area contributed by atoms with Gasteiger partial charge in [-0.1, -0.05) is 18.9 Å². The van der Waals surface area contributed by atoms with Crippen molar-refractivity contribution in [1.29, 1.82) is 0 Å². The maximum absolute atomic E-state index is 13.3. The fourth-order valence-electron chi connectivity index (χ4n) is 2.66. The van der Waals surface area contributed by atoms with Crippen LogP contribution >= 0.6 is 12.4 Å². The monoisotopic (exact) mass is 259 g/mol. The van der Waals surface area contributed by atoms with E-state index in [1.54, 1.807) is 6.07 Å². The third-order valence-electron chi connectivity index (χ3n) is 3.63. The van der Waals surface area contributed by atoms with Crippen LogP contribution in [0.3, 0.4) is 0 Å². The Bertz CT molecular complexity index is 391. The highest BCUT2D eigenvalue weighted by Crippen LogP contribution is 2.39. The van der Waals surface area contributed by atoms with Gasteiger partial charge in [-0.15, -0.1) is 12.4 Å². The van der Waals surface area contributed by atoms with Crippen LogP contribution in [-0.4, -0.2) is 5.11 Å². The van der Waals surface area contributed by atoms with Gasteiger partial charge in [0.2, 0.25) is 0 Å². The van der Waals surface area contributed by atoms with Gasteiger partial charge in [0, 0.05) is 11.6 Å². The van der Waals surface area contributed by atoms with Gasteiger partial charge in [-0.3, -0.25) is 0 Å². The predicted molar refractivity (Wildman–Crippen MR) is 68.9 cm³/mol. The number of hydrogen-bond acceptors (Lipinski definition) is 2. The maximum Gasteiger partial charge on any atom is 0.165 e. The summed E-state index contributed by atoms with van der Waals surface area (Å²) < 4.78 is 13.3. The van der Waals surface area contributed by atoms with E-state index in [0.29, 0.717) is 11.5 Å². The smallest absolute Gasteiger partial charge is 0.165 e. The zero-order valence-corrected chi connectivity index (χ0v) is 10.8. The molecule has 0 unspecified atom stereocenters. The summed E-state index contributed by atoms with van der Waals surface area (Å²) in [5.41, 5.74) is 7.61. The van der Waals surface area contributed by atoms with E-state index in [0.717, 1.165) is 18.4 Å². The van der Waals surface area contributed by atoms with Crippen molar-refractivity contribution < 1.29 is 9.50 Å². The van der Waals surface area contributed by atoms with Gasteiger partial charge in [-0.05, 0) is 37.3 Å². The number of nitrogens with two attached hydrogens (primary N) is 1. The van der Waals surface area contributed by atoms with Gasteiger partial charge in [0.05, 0.1) is 0 Å². The number of hydrogen-bond donors (Lipinski definition) is 2. The van der Waals surface area contributed by atoms with Crippen LogP contribution < -0.4 is 5.73 Å². The molecule has 2 nitrogen and oxygen atoms in total. The molecule has 1 atom stereocenters. The minimum absolute atomic E-state index is 0. The highest BCUT2D eigenvalue weighted by Gasteiger charge is 2.27. The van der Waals surface area contributed by atoms with Gasteiger partial charge in [-0.2, -0.15) is 0 Å². The van der Waals surface area contributed by atoms with E-state index in [-0.39, 0.29) is 24.2 Å². The fraction of sp³-hybridized carbons (Fsp3) is 0.538. The van der Waals surface area contributed by atoms with Crippen molar-refractivity contribution in [3.8, 4) is 5.75 Å². The highest BCUT2D eigenvalue weighted by atomic mass is 35.5. The zero-order valence-electron chi connectivity index (χ0n) is 9.95. The quantitative estimate of drug-likeness (QED) is 0.855. The Kier molecular flexibility index (Phi) is 4.78. The third-order valence-corrected chi connectivity index (χ3v) is 3.63. The summed E-state index contributed by atoms with van der Waals surface area (Å²) in [5.74, 6) is -0.458. The minimum atomic E-state index is -0.575. The highest BCUT2D eigenvalue weighted by molar-refractivity contribution is 5.85. The first-order chi connectivity index (χ1) is 7.61. The van der Waals surface area contributed by atoms with Crippen LogP contribution in [0.4, 0.5) is 4.39 Å². The number of rotatable bonds is 2. The molecule has 1 aliphatic rings. The van der Waals surface area contributed by atoms with E-state index in [2.05, 4.69) is 0 Å². The standard InChI is InChI=1S/C13H18FNO.ClH/c1-8-6-7-10(14)13(16)11(8)12(15)9-4-2-3-5-9;/h6-7,9,12,16H,2-5,15H2,1H3;1H/t12-;/m0./s1. The van der Waals surface area contributed by atoms with Crippen LogP contribution in [0.25, 0.3) is 0 Å². The van der Waals surface area contributed by atoms with Crippen LogP contribution in [0.15, 0.2) is 12.1 Å². The molecular weight excluding hydrogens is 241 g/mol. The van der Waals surface area contributed by atoms with Crippen LogP contribution in [0.1, 0.15) is 42.9 Å². The topological polar surface area (TPSA) is 46.2 Å². The van der Waals surface area contributed by atoms with Crippen molar-refractivity contribution in [3.05, 3.63) is 29.1 Å². The lowest BCUT2D eigenvalue weighted by Gasteiger charge is -2.22. The molecule has 2 rings (SSSR count). The van der Waals surface area contributed by atoms with E-state index >= 15 is 0 Å². The SMILES string of the molecule is Cc1ccc(F)c(O)c1[C@@H](N)C1CCCC1.Cl. The number of phenolic OH excluding ortho intramolecular Hbond substituents is 1. The molecule has 3 N–H and O–H groups in total. The van der Waals surface area contributed by atoms with Crippen molar-refractivity contribution in [1.82, 2.24) is 0 Å². The molecule has 0 spiro atoms. The van der Waals surface area contributed by atoms with Crippen LogP contribution in [-0.2, 0) is 0 Å². The molecule has 4 heteroatoms. The molecule has 0 amide bonds. The molecule has 0 aliphatic heterocycles. The molecule has 0 bridgehead atoms. The van der Waals surface area contributed by atoms with Gasteiger partial charge >= 0.3 is 0 Å². The normalized spacial score (nSPS) is 17.8. The van der Waals surface area contributed by atoms with Crippen molar-refractivity contribution >= 4 is 12.4 Å². The second kappa shape index (κ2) is 5.69. The van der Waals surface area contributed by atoms with Gasteiger partial charge < -0.3 is 10.8 Å². The number of aromatic hydroxyl groups is 1. The maximum atomic E-state index is 13.3. The number of phenols is 1. The molecule has 1 saturated carbocycles. The van der Waals surface area contributed by atoms with Gasteiger partial charge in [0.15, 0.2) is 11.6 Å². The number of halogens is 2. The molecular formula is C13H19ClFNO. The molecule has 1 fully saturated rings. The van der Waals surface area contributed by atoms with Crippen molar-refractivity contribution in [2.75, 3.05) is 0 Å². The Hall–Kier alpha value is -0.800. The Labute approximate surface area is 107 Å². The summed E-state index contributed by atoms with van der Waals surface area (Å²) in [7, 11) is 0. The molecule has 0 heterocycles. The average Bonchev–Trinajstić information content (AvgIpc) is 2.77. The van der Waals surface area contributed by atoms with Gasteiger partial charge in [0.25, 0.3) is 0 Å². The number of benzene rings is 1. The fourth-order valence-corrected chi connectivity index (χ4v) is 2.66. The first-order valence-corrected chi connectivity index (χ1v) is 5.85. The Morgan fingerprint density at radius 1 is 1.35 bits per heavy atom. The number of aryl methyl sites for hydroxylation is 1. The summed E-state index contributed by atoms with van der Waals surface area (Å²) in [5, 5.41) is 9.75. The van der Waals surface area contributed by atoms with Crippen LogP contribution in [0.5, 0.6) is 5.75 Å². The second-order valence-corrected chi connectivity index (χ2v) is 4.70. The first kappa shape index (κ1) is 14.3. The Morgan fingerprint density at radius 3 is 2.53 bits per heavy atom. The molecule has 1 aromatic rings. The van der Waals surface area contributed by atoms with E-state index in [1.165, 1.54) is 18.9 Å². The second-order valence-electron chi connectivity index (χ2n) is 4.70. The summed E-state index contributed by atoms with van der Waals surface area (Å²) in [4.78, 5) is 0. The summed E-state index contributed by atoms with van der Waals surface area (Å²) >= 11 is 0. The Balaban J connectivity index is 0.00000144. The molecule has 1 aliphatic carbocycles. The van der Waals surface area contributed by atoms with Crippen LogP contribution in [0.2, 0.25) is 0 Å². The lowest BCUT2D eigenvalue weighted by Crippen LogP contribution is -2.20. The molecule has 17 heavy (non-hydrogen) atoms. The summed E-state index contributed by atoms with van der Waals surface area (Å²) in [6, 6.07) is 2.73. The molecule has 0 radical (unpaired) electrons. The lowest BCUT2D eigenvalue weighted by molar-refractivity contribution is 0.390. The van der Waals surface area contributed by atoms with E-state index in [4.69, 9.17) is 5.73 Å². The Morgan fingerprint density at radius 2 is 1.94 bits per heavy atom. The summed E-state index contributed by atoms with van der Waals surface area (Å²) in [6.45, 7) is 1.86. The predicted octanol–water partition coefficient (Wildman–Crippen LogP) is 3.45. The third kappa shape index (κ3) is 2.72. The van der Waals surface area contributed by atoms with Crippen molar-refractivity contribution in [2.45, 2.75) is 38.6 Å². The molecule has 0 aromatic heterocycles. The van der Waals surface area contributed by atoms with Crippen molar-refractivity contribution in [2.24, 2.45) is 11.7 Å². The average molecular weight is 260 g/mol. The molecule has 0 saturated heterocycles. The summed E-state index contributed by atoms with van der Waals surface area (Å²) in [6.07, 6.45) is 4.54.